The minimum Gasteiger partial charge on any atom is -0.456 e. The predicted molar refractivity (Wildman–Crippen MR) is 220 cm³/mol. The molecule has 52 heavy (non-hydrogen) atoms. The summed E-state index contributed by atoms with van der Waals surface area (Å²) in [6, 6.07) is 71.6. The van der Waals surface area contributed by atoms with Crippen LogP contribution in [0.3, 0.4) is 0 Å². The highest BCUT2D eigenvalue weighted by molar-refractivity contribution is 6.22. The Hall–Kier alpha value is -6.90. The Morgan fingerprint density at radius 1 is 0.308 bits per heavy atom. The summed E-state index contributed by atoms with van der Waals surface area (Å²) in [5.41, 5.74) is 12.0. The molecule has 2 nitrogen and oxygen atoms in total. The first-order valence-corrected chi connectivity index (χ1v) is 17.8. The van der Waals surface area contributed by atoms with E-state index in [1.807, 2.05) is 0 Å². The number of hydrogen-bond acceptors (Lipinski definition) is 2. The number of furan rings is 1. The molecule has 0 amide bonds. The van der Waals surface area contributed by atoms with Crippen molar-refractivity contribution < 1.29 is 4.42 Å². The summed E-state index contributed by atoms with van der Waals surface area (Å²) in [4.78, 5) is 2.33. The number of hydrogen-bond donors (Lipinski definition) is 0. The summed E-state index contributed by atoms with van der Waals surface area (Å²) in [6.45, 7) is 0. The van der Waals surface area contributed by atoms with Gasteiger partial charge in [0.15, 0.2) is 0 Å². The van der Waals surface area contributed by atoms with E-state index in [1.54, 1.807) is 0 Å². The number of rotatable bonds is 6. The van der Waals surface area contributed by atoms with Gasteiger partial charge in [0.1, 0.15) is 11.2 Å². The fourth-order valence-corrected chi connectivity index (χ4v) is 7.70. The lowest BCUT2D eigenvalue weighted by Crippen LogP contribution is -2.10. The first kappa shape index (κ1) is 30.0. The van der Waals surface area contributed by atoms with Crippen LogP contribution in [-0.2, 0) is 0 Å². The number of anilines is 3. The van der Waals surface area contributed by atoms with Crippen molar-refractivity contribution in [2.24, 2.45) is 0 Å². The third-order valence-electron chi connectivity index (χ3n) is 10.2. The highest BCUT2D eigenvalue weighted by Gasteiger charge is 2.19. The van der Waals surface area contributed by atoms with E-state index in [0.29, 0.717) is 0 Å². The Balaban J connectivity index is 1.13. The molecule has 0 atom stereocenters. The molecule has 9 aromatic carbocycles. The maximum absolute atomic E-state index is 6.76. The smallest absolute Gasteiger partial charge is 0.137 e. The normalized spacial score (nSPS) is 11.5. The maximum Gasteiger partial charge on any atom is 0.137 e. The molecular formula is C50H33NO. The van der Waals surface area contributed by atoms with Gasteiger partial charge in [-0.3, -0.25) is 0 Å². The number of benzene rings is 9. The average Bonchev–Trinajstić information content (AvgIpc) is 3.60. The second-order valence-electron chi connectivity index (χ2n) is 13.4. The van der Waals surface area contributed by atoms with Crippen LogP contribution in [0.15, 0.2) is 205 Å². The van der Waals surface area contributed by atoms with Gasteiger partial charge < -0.3 is 9.32 Å². The fourth-order valence-electron chi connectivity index (χ4n) is 7.70. The van der Waals surface area contributed by atoms with Gasteiger partial charge in [-0.25, -0.2) is 0 Å². The van der Waals surface area contributed by atoms with Gasteiger partial charge in [0, 0.05) is 33.9 Å². The van der Waals surface area contributed by atoms with Crippen molar-refractivity contribution in [1.29, 1.82) is 0 Å². The Bertz CT molecular complexity index is 2890. The number of fused-ring (bicyclic) bond motifs is 6. The van der Waals surface area contributed by atoms with Gasteiger partial charge in [0.25, 0.3) is 0 Å². The number of nitrogens with zero attached hydrogens (tertiary/aromatic N) is 1. The summed E-state index contributed by atoms with van der Waals surface area (Å²) in [7, 11) is 0. The lowest BCUT2D eigenvalue weighted by molar-refractivity contribution is 0.669. The SMILES string of the molecule is c1ccc(-c2cccc(N(c3ccc(-c4ccc5ccccc5c4)cc3)c3ccc4c(c3)oc3cc(-c5ccccc5)c5ccccc5c34)c2)cc1. The Morgan fingerprint density at radius 2 is 0.904 bits per heavy atom. The third kappa shape index (κ3) is 5.21. The highest BCUT2D eigenvalue weighted by Crippen LogP contribution is 2.43. The van der Waals surface area contributed by atoms with Gasteiger partial charge in [-0.1, -0.05) is 146 Å². The van der Waals surface area contributed by atoms with Crippen LogP contribution >= 0.6 is 0 Å². The van der Waals surface area contributed by atoms with Crippen LogP contribution in [0.2, 0.25) is 0 Å². The molecule has 0 radical (unpaired) electrons. The molecule has 0 unspecified atom stereocenters. The van der Waals surface area contributed by atoms with E-state index in [0.717, 1.165) is 39.0 Å². The van der Waals surface area contributed by atoms with Gasteiger partial charge in [-0.15, -0.1) is 0 Å². The van der Waals surface area contributed by atoms with Gasteiger partial charge in [0.2, 0.25) is 0 Å². The molecule has 0 saturated carbocycles. The van der Waals surface area contributed by atoms with E-state index >= 15 is 0 Å². The van der Waals surface area contributed by atoms with Crippen molar-refractivity contribution in [2.45, 2.75) is 0 Å². The molecule has 0 aliphatic heterocycles. The van der Waals surface area contributed by atoms with Crippen LogP contribution in [0.25, 0.3) is 76.9 Å². The standard InChI is InChI=1S/C50H33NO/c1-3-12-34(13-4-1)39-18-11-19-42(31-39)51(41-26-24-36(25-27-41)40-23-22-35-14-7-8-17-38(35)30-40)43-28-29-46-48(32-43)52-49-33-47(37-15-5-2-6-16-37)44-20-9-10-21-45(44)50(46)49/h1-33H. The van der Waals surface area contributed by atoms with Gasteiger partial charge in [0.05, 0.1) is 0 Å². The van der Waals surface area contributed by atoms with Crippen molar-refractivity contribution in [3.05, 3.63) is 200 Å². The van der Waals surface area contributed by atoms with Crippen molar-refractivity contribution in [3.8, 4) is 33.4 Å². The Labute approximate surface area is 302 Å². The minimum absolute atomic E-state index is 0.861. The van der Waals surface area contributed by atoms with Crippen molar-refractivity contribution in [2.75, 3.05) is 4.90 Å². The Morgan fingerprint density at radius 3 is 1.71 bits per heavy atom. The summed E-state index contributed by atoms with van der Waals surface area (Å²) in [5.74, 6) is 0. The maximum atomic E-state index is 6.76. The molecule has 0 spiro atoms. The minimum atomic E-state index is 0.861. The van der Waals surface area contributed by atoms with E-state index in [2.05, 4.69) is 205 Å². The highest BCUT2D eigenvalue weighted by atomic mass is 16.3. The zero-order valence-electron chi connectivity index (χ0n) is 28.4. The second kappa shape index (κ2) is 12.5. The van der Waals surface area contributed by atoms with E-state index in [4.69, 9.17) is 4.42 Å². The van der Waals surface area contributed by atoms with Crippen molar-refractivity contribution >= 4 is 60.5 Å². The van der Waals surface area contributed by atoms with E-state index < -0.39 is 0 Å². The molecule has 0 saturated heterocycles. The summed E-state index contributed by atoms with van der Waals surface area (Å²) in [6.07, 6.45) is 0. The average molecular weight is 664 g/mol. The van der Waals surface area contributed by atoms with E-state index in [-0.39, 0.29) is 0 Å². The van der Waals surface area contributed by atoms with E-state index in [9.17, 15) is 0 Å². The van der Waals surface area contributed by atoms with Crippen LogP contribution in [0.1, 0.15) is 0 Å². The van der Waals surface area contributed by atoms with Gasteiger partial charge in [-0.2, -0.15) is 0 Å². The van der Waals surface area contributed by atoms with Crippen molar-refractivity contribution in [1.82, 2.24) is 0 Å². The molecule has 1 aromatic heterocycles. The first-order valence-electron chi connectivity index (χ1n) is 17.8. The van der Waals surface area contributed by atoms with Crippen LogP contribution in [0, 0.1) is 0 Å². The zero-order chi connectivity index (χ0) is 34.4. The lowest BCUT2D eigenvalue weighted by Gasteiger charge is -2.26. The lowest BCUT2D eigenvalue weighted by atomic mass is 9.95. The summed E-state index contributed by atoms with van der Waals surface area (Å²) >= 11 is 0. The van der Waals surface area contributed by atoms with Crippen molar-refractivity contribution in [3.63, 3.8) is 0 Å². The molecule has 10 rings (SSSR count). The molecule has 0 N–H and O–H groups in total. The Kier molecular flexibility index (Phi) is 7.18. The quantitative estimate of drug-likeness (QED) is 0.176. The molecule has 0 aliphatic rings. The van der Waals surface area contributed by atoms with E-state index in [1.165, 1.54) is 54.9 Å². The largest absolute Gasteiger partial charge is 0.456 e. The van der Waals surface area contributed by atoms with Crippen LogP contribution < -0.4 is 4.90 Å². The molecule has 2 heteroatoms. The zero-order valence-corrected chi connectivity index (χ0v) is 28.4. The van der Waals surface area contributed by atoms with Crippen LogP contribution in [0.4, 0.5) is 17.1 Å². The van der Waals surface area contributed by atoms with Gasteiger partial charge >= 0.3 is 0 Å². The third-order valence-corrected chi connectivity index (χ3v) is 10.2. The summed E-state index contributed by atoms with van der Waals surface area (Å²) < 4.78 is 6.76. The topological polar surface area (TPSA) is 16.4 Å². The molecule has 1 heterocycles. The first-order chi connectivity index (χ1) is 25.8. The summed E-state index contributed by atoms with van der Waals surface area (Å²) in [5, 5.41) is 7.16. The molecule has 244 valence electrons. The molecule has 0 bridgehead atoms. The van der Waals surface area contributed by atoms with Gasteiger partial charge in [-0.05, 0) is 103 Å². The predicted octanol–water partition coefficient (Wildman–Crippen LogP) is 14.4. The molecule has 0 fully saturated rings. The monoisotopic (exact) mass is 663 g/mol. The molecular weight excluding hydrogens is 631 g/mol. The van der Waals surface area contributed by atoms with Crippen LogP contribution in [0.5, 0.6) is 0 Å². The second-order valence-corrected chi connectivity index (χ2v) is 13.4. The molecule has 10 aromatic rings. The molecule has 0 aliphatic carbocycles. The fraction of sp³-hybridized carbons (Fsp3) is 0. The van der Waals surface area contributed by atoms with Crippen LogP contribution in [-0.4, -0.2) is 0 Å².